The number of rotatable bonds is 10. The molecule has 1 heterocycles. The maximum absolute atomic E-state index is 12.9. The molecule has 0 aromatic heterocycles. The van der Waals surface area contributed by atoms with Crippen molar-refractivity contribution < 1.29 is 19.1 Å². The summed E-state index contributed by atoms with van der Waals surface area (Å²) in [5.41, 5.74) is 4.98. The van der Waals surface area contributed by atoms with Gasteiger partial charge in [-0.15, -0.1) is 0 Å². The van der Waals surface area contributed by atoms with Crippen LogP contribution in [0.2, 0.25) is 5.02 Å². The van der Waals surface area contributed by atoms with Gasteiger partial charge < -0.3 is 19.9 Å². The number of nitrogens with one attached hydrogen (secondary N) is 1. The molecule has 0 saturated carbocycles. The second kappa shape index (κ2) is 12.8. The standard InChI is InChI=1S/C28H36ClN3O4/c1-19-15-22(16-20(2)27(19)29)17-26(21(3)34)36-28(35)31-13-10-24(11-14-31)32(18-33)12-9-23-7-5-6-8-25(23)30-4/h5-8,15-16,18,24,26,30H,9-14,17H2,1-4H3/t26-/m1/s1. The Hall–Kier alpha value is -3.06. The number of likely N-dealkylation sites (tertiary alicyclic amines) is 1. The van der Waals surface area contributed by atoms with Gasteiger partial charge >= 0.3 is 6.09 Å². The van der Waals surface area contributed by atoms with Gasteiger partial charge in [0.15, 0.2) is 11.9 Å². The van der Waals surface area contributed by atoms with Gasteiger partial charge in [-0.05, 0) is 68.4 Å². The molecule has 2 aromatic rings. The van der Waals surface area contributed by atoms with Crippen LogP contribution in [-0.2, 0) is 27.2 Å². The monoisotopic (exact) mass is 513 g/mol. The second-order valence-corrected chi connectivity index (χ2v) is 9.83. The van der Waals surface area contributed by atoms with Gasteiger partial charge in [-0.1, -0.05) is 41.9 Å². The Morgan fingerprint density at radius 3 is 2.42 bits per heavy atom. The Morgan fingerprint density at radius 2 is 1.83 bits per heavy atom. The van der Waals surface area contributed by atoms with E-state index in [4.69, 9.17) is 16.3 Å². The molecule has 1 aliphatic heterocycles. The summed E-state index contributed by atoms with van der Waals surface area (Å²) in [7, 11) is 1.89. The molecule has 1 N–H and O–H groups in total. The first-order valence-corrected chi connectivity index (χ1v) is 12.8. The first-order chi connectivity index (χ1) is 17.2. The lowest BCUT2D eigenvalue weighted by atomic mass is 10.0. The molecule has 0 radical (unpaired) electrons. The summed E-state index contributed by atoms with van der Waals surface area (Å²) in [5.74, 6) is -0.197. The van der Waals surface area contributed by atoms with Gasteiger partial charge in [0.1, 0.15) is 0 Å². The van der Waals surface area contributed by atoms with E-state index < -0.39 is 12.2 Å². The summed E-state index contributed by atoms with van der Waals surface area (Å²) >= 11 is 6.26. The first kappa shape index (κ1) is 27.5. The molecule has 0 bridgehead atoms. The topological polar surface area (TPSA) is 79.0 Å². The molecule has 0 spiro atoms. The summed E-state index contributed by atoms with van der Waals surface area (Å²) in [6, 6.07) is 12.0. The van der Waals surface area contributed by atoms with Crippen molar-refractivity contribution in [2.24, 2.45) is 0 Å². The fourth-order valence-corrected chi connectivity index (χ4v) is 4.87. The minimum Gasteiger partial charge on any atom is -0.438 e. The van der Waals surface area contributed by atoms with E-state index >= 15 is 0 Å². The number of nitrogens with zero attached hydrogens (tertiary/aromatic N) is 2. The Morgan fingerprint density at radius 1 is 1.19 bits per heavy atom. The number of piperidine rings is 1. The van der Waals surface area contributed by atoms with Gasteiger partial charge in [0.25, 0.3) is 0 Å². The van der Waals surface area contributed by atoms with Crippen molar-refractivity contribution in [3.05, 3.63) is 63.7 Å². The summed E-state index contributed by atoms with van der Waals surface area (Å²) in [6.45, 7) is 6.84. The number of halogens is 1. The lowest BCUT2D eigenvalue weighted by molar-refractivity contribution is -0.126. The fourth-order valence-electron chi connectivity index (χ4n) is 4.77. The number of benzene rings is 2. The van der Waals surface area contributed by atoms with E-state index in [9.17, 15) is 14.4 Å². The molecule has 2 amide bonds. The van der Waals surface area contributed by atoms with Crippen molar-refractivity contribution in [2.45, 2.75) is 58.6 Å². The molecule has 0 unspecified atom stereocenters. The van der Waals surface area contributed by atoms with E-state index in [0.29, 0.717) is 43.9 Å². The highest BCUT2D eigenvalue weighted by atomic mass is 35.5. The maximum Gasteiger partial charge on any atom is 0.410 e. The number of ether oxygens (including phenoxy) is 1. The van der Waals surface area contributed by atoms with Gasteiger partial charge in [0, 0.05) is 49.9 Å². The van der Waals surface area contributed by atoms with E-state index in [-0.39, 0.29) is 11.8 Å². The van der Waals surface area contributed by atoms with Crippen LogP contribution in [0, 0.1) is 13.8 Å². The predicted octanol–water partition coefficient (Wildman–Crippen LogP) is 4.80. The van der Waals surface area contributed by atoms with Crippen LogP contribution in [-0.4, -0.2) is 66.9 Å². The van der Waals surface area contributed by atoms with E-state index in [1.807, 2.05) is 56.1 Å². The molecular weight excluding hydrogens is 478 g/mol. The molecule has 1 fully saturated rings. The van der Waals surface area contributed by atoms with Gasteiger partial charge in [-0.2, -0.15) is 0 Å². The molecule has 1 atom stereocenters. The molecule has 7 nitrogen and oxygen atoms in total. The summed E-state index contributed by atoms with van der Waals surface area (Å²) in [4.78, 5) is 40.4. The summed E-state index contributed by atoms with van der Waals surface area (Å²) in [5, 5.41) is 3.89. The van der Waals surface area contributed by atoms with Crippen LogP contribution in [0.4, 0.5) is 10.5 Å². The first-order valence-electron chi connectivity index (χ1n) is 12.4. The van der Waals surface area contributed by atoms with Crippen LogP contribution in [0.1, 0.15) is 42.0 Å². The molecule has 0 aliphatic carbocycles. The quantitative estimate of drug-likeness (QED) is 0.462. The van der Waals surface area contributed by atoms with Crippen molar-refractivity contribution in [1.29, 1.82) is 0 Å². The van der Waals surface area contributed by atoms with Crippen LogP contribution in [0.25, 0.3) is 0 Å². The van der Waals surface area contributed by atoms with Crippen molar-refractivity contribution in [3.63, 3.8) is 0 Å². The lowest BCUT2D eigenvalue weighted by Gasteiger charge is -2.36. The Labute approximate surface area is 218 Å². The molecule has 1 aliphatic rings. The molecular formula is C28H36ClN3O4. The van der Waals surface area contributed by atoms with Crippen molar-refractivity contribution in [2.75, 3.05) is 32.0 Å². The van der Waals surface area contributed by atoms with E-state index in [0.717, 1.165) is 40.8 Å². The molecule has 8 heteroatoms. The van der Waals surface area contributed by atoms with Gasteiger partial charge in [0.05, 0.1) is 0 Å². The van der Waals surface area contributed by atoms with Crippen molar-refractivity contribution in [1.82, 2.24) is 9.80 Å². The predicted molar refractivity (Wildman–Crippen MR) is 143 cm³/mol. The Balaban J connectivity index is 1.54. The number of Topliss-reactive ketones (excluding diaryl/α,β-unsaturated/α-hetero) is 1. The largest absolute Gasteiger partial charge is 0.438 e. The number of hydrogen-bond acceptors (Lipinski definition) is 5. The van der Waals surface area contributed by atoms with Crippen LogP contribution in [0.15, 0.2) is 36.4 Å². The maximum atomic E-state index is 12.9. The number of aryl methyl sites for hydroxylation is 2. The Bertz CT molecular complexity index is 1060. The molecule has 36 heavy (non-hydrogen) atoms. The highest BCUT2D eigenvalue weighted by Gasteiger charge is 2.29. The molecule has 3 rings (SSSR count). The SMILES string of the molecule is CNc1ccccc1CCN(C=O)C1CCN(C(=O)O[C@H](Cc2cc(C)c(Cl)c(C)c2)C(C)=O)CC1. The summed E-state index contributed by atoms with van der Waals surface area (Å²) < 4.78 is 5.63. The number of ketones is 1. The zero-order valence-corrected chi connectivity index (χ0v) is 22.3. The lowest BCUT2D eigenvalue weighted by Crippen LogP contribution is -2.48. The number of para-hydroxylation sites is 1. The number of carbonyl (C=O) groups excluding carboxylic acids is 3. The van der Waals surface area contributed by atoms with Crippen LogP contribution in [0.5, 0.6) is 0 Å². The minimum absolute atomic E-state index is 0.0666. The zero-order valence-electron chi connectivity index (χ0n) is 21.6. The van der Waals surface area contributed by atoms with Gasteiger partial charge in [-0.25, -0.2) is 4.79 Å². The highest BCUT2D eigenvalue weighted by molar-refractivity contribution is 6.32. The second-order valence-electron chi connectivity index (χ2n) is 9.45. The average Bonchev–Trinajstić information content (AvgIpc) is 2.87. The normalized spacial score (nSPS) is 14.8. The summed E-state index contributed by atoms with van der Waals surface area (Å²) in [6.07, 6.45) is 1.96. The van der Waals surface area contributed by atoms with Crippen LogP contribution >= 0.6 is 11.6 Å². The highest BCUT2D eigenvalue weighted by Crippen LogP contribution is 2.24. The number of hydrogen-bond donors (Lipinski definition) is 1. The third-order valence-electron chi connectivity index (χ3n) is 6.87. The number of carbonyl (C=O) groups is 3. The smallest absolute Gasteiger partial charge is 0.410 e. The molecule has 194 valence electrons. The van der Waals surface area contributed by atoms with Gasteiger partial charge in [0.2, 0.25) is 6.41 Å². The van der Waals surface area contributed by atoms with Crippen molar-refractivity contribution >= 4 is 35.6 Å². The van der Waals surface area contributed by atoms with Gasteiger partial charge in [-0.3, -0.25) is 9.59 Å². The van der Waals surface area contributed by atoms with Crippen molar-refractivity contribution in [3.8, 4) is 0 Å². The number of anilines is 1. The molecule has 1 saturated heterocycles. The van der Waals surface area contributed by atoms with Crippen LogP contribution < -0.4 is 5.32 Å². The van der Waals surface area contributed by atoms with E-state index in [1.54, 1.807) is 4.90 Å². The minimum atomic E-state index is -0.853. The third-order valence-corrected chi connectivity index (χ3v) is 7.46. The third kappa shape index (κ3) is 7.00. The van der Waals surface area contributed by atoms with Crippen LogP contribution in [0.3, 0.4) is 0 Å². The zero-order chi connectivity index (χ0) is 26.2. The Kier molecular flexibility index (Phi) is 9.76. The average molecular weight is 514 g/mol. The number of amides is 2. The fraction of sp³-hybridized carbons (Fsp3) is 0.464. The molecule has 2 aromatic carbocycles. The van der Waals surface area contributed by atoms with E-state index in [1.165, 1.54) is 6.92 Å². The van der Waals surface area contributed by atoms with E-state index in [2.05, 4.69) is 11.4 Å².